The third-order valence-electron chi connectivity index (χ3n) is 4.23. The van der Waals surface area contributed by atoms with Gasteiger partial charge in [-0.25, -0.2) is 0 Å². The summed E-state index contributed by atoms with van der Waals surface area (Å²) in [5.74, 6) is -0.0192. The summed E-state index contributed by atoms with van der Waals surface area (Å²) in [5.41, 5.74) is 0.618. The van der Waals surface area contributed by atoms with Crippen LogP contribution in [-0.4, -0.2) is 34.7 Å². The van der Waals surface area contributed by atoms with Gasteiger partial charge < -0.3 is 15.0 Å². The Labute approximate surface area is 144 Å². The molecule has 2 heterocycles. The van der Waals surface area contributed by atoms with Crippen molar-refractivity contribution in [3.63, 3.8) is 0 Å². The van der Waals surface area contributed by atoms with E-state index in [0.717, 1.165) is 25.0 Å². The molecule has 1 saturated heterocycles. The Hall–Kier alpha value is -1.99. The standard InChI is InChI=1S/C17H21N3O3S/c21-15(18-11-12-5-4-10-23-12)8-3-9-20-16(22)13-6-1-2-7-14(13)19-17(20)24/h1-2,6-7,12H,3-5,8-11H2,(H,18,21)(H,19,24)/t12-/m0/s1. The maximum Gasteiger partial charge on any atom is 0.262 e. The molecule has 0 radical (unpaired) electrons. The number of H-pyrrole nitrogens is 1. The Balaban J connectivity index is 1.56. The average molecular weight is 347 g/mol. The first-order valence-electron chi connectivity index (χ1n) is 8.25. The van der Waals surface area contributed by atoms with Gasteiger partial charge in [0.05, 0.1) is 17.0 Å². The van der Waals surface area contributed by atoms with Crippen molar-refractivity contribution >= 4 is 29.0 Å². The van der Waals surface area contributed by atoms with Gasteiger partial charge >= 0.3 is 0 Å². The summed E-state index contributed by atoms with van der Waals surface area (Å²) in [7, 11) is 0. The quantitative estimate of drug-likeness (QED) is 0.785. The molecule has 1 aliphatic rings. The van der Waals surface area contributed by atoms with Crippen LogP contribution >= 0.6 is 12.2 Å². The lowest BCUT2D eigenvalue weighted by atomic mass is 10.2. The van der Waals surface area contributed by atoms with Gasteiger partial charge in [-0.3, -0.25) is 14.2 Å². The zero-order chi connectivity index (χ0) is 16.9. The lowest BCUT2D eigenvalue weighted by Crippen LogP contribution is -2.32. The van der Waals surface area contributed by atoms with Gasteiger partial charge in [0.1, 0.15) is 0 Å². The first-order chi connectivity index (χ1) is 11.6. The minimum Gasteiger partial charge on any atom is -0.376 e. The number of amides is 1. The predicted molar refractivity (Wildman–Crippen MR) is 94.6 cm³/mol. The van der Waals surface area contributed by atoms with Crippen LogP contribution < -0.4 is 10.9 Å². The molecule has 0 unspecified atom stereocenters. The van der Waals surface area contributed by atoms with Gasteiger partial charge in [-0.05, 0) is 43.6 Å². The highest BCUT2D eigenvalue weighted by atomic mass is 32.1. The molecule has 128 valence electrons. The predicted octanol–water partition coefficient (Wildman–Crippen LogP) is 2.13. The van der Waals surface area contributed by atoms with Crippen molar-refractivity contribution in [1.29, 1.82) is 0 Å². The Morgan fingerprint density at radius 1 is 1.42 bits per heavy atom. The second-order valence-corrected chi connectivity index (χ2v) is 6.36. The molecular weight excluding hydrogens is 326 g/mol. The third kappa shape index (κ3) is 3.91. The molecule has 1 aromatic carbocycles. The molecule has 1 fully saturated rings. The number of nitrogens with one attached hydrogen (secondary N) is 2. The van der Waals surface area contributed by atoms with Gasteiger partial charge in [-0.2, -0.15) is 0 Å². The molecule has 1 amide bonds. The summed E-state index contributed by atoms with van der Waals surface area (Å²) in [6, 6.07) is 7.28. The highest BCUT2D eigenvalue weighted by Crippen LogP contribution is 2.10. The molecule has 3 rings (SSSR count). The first kappa shape index (κ1) is 16.9. The molecular formula is C17H21N3O3S. The van der Waals surface area contributed by atoms with E-state index in [4.69, 9.17) is 17.0 Å². The van der Waals surface area contributed by atoms with Crippen molar-refractivity contribution in [1.82, 2.24) is 14.9 Å². The largest absolute Gasteiger partial charge is 0.376 e. The molecule has 0 saturated carbocycles. The number of nitrogens with zero attached hydrogens (tertiary/aromatic N) is 1. The fourth-order valence-corrected chi connectivity index (χ4v) is 3.21. The van der Waals surface area contributed by atoms with Crippen LogP contribution in [0.3, 0.4) is 0 Å². The van der Waals surface area contributed by atoms with E-state index in [1.807, 2.05) is 18.2 Å². The van der Waals surface area contributed by atoms with E-state index < -0.39 is 0 Å². The van der Waals surface area contributed by atoms with Crippen molar-refractivity contribution in [2.75, 3.05) is 13.2 Å². The van der Waals surface area contributed by atoms with Crippen molar-refractivity contribution in [2.45, 2.75) is 38.3 Å². The lowest BCUT2D eigenvalue weighted by Gasteiger charge is -2.11. The molecule has 0 aliphatic carbocycles. The highest BCUT2D eigenvalue weighted by molar-refractivity contribution is 7.71. The molecule has 7 heteroatoms. The smallest absolute Gasteiger partial charge is 0.262 e. The number of aromatic amines is 1. The SMILES string of the molecule is O=C(CCCn1c(=S)[nH]c2ccccc2c1=O)NC[C@@H]1CCCO1. The maximum absolute atomic E-state index is 12.5. The normalized spacial score (nSPS) is 17.2. The van der Waals surface area contributed by atoms with Gasteiger partial charge in [0.15, 0.2) is 4.77 Å². The fourth-order valence-electron chi connectivity index (χ4n) is 2.92. The van der Waals surface area contributed by atoms with Gasteiger partial charge in [0, 0.05) is 26.1 Å². The van der Waals surface area contributed by atoms with Crippen LogP contribution in [0.5, 0.6) is 0 Å². The van der Waals surface area contributed by atoms with Crippen molar-refractivity contribution in [2.24, 2.45) is 0 Å². The van der Waals surface area contributed by atoms with Crippen LogP contribution in [0.15, 0.2) is 29.1 Å². The summed E-state index contributed by atoms with van der Waals surface area (Å²) in [4.78, 5) is 27.4. The maximum atomic E-state index is 12.5. The zero-order valence-corrected chi connectivity index (χ0v) is 14.2. The fraction of sp³-hybridized carbons (Fsp3) is 0.471. The molecule has 1 aromatic heterocycles. The van der Waals surface area contributed by atoms with E-state index in [1.54, 1.807) is 6.07 Å². The summed E-state index contributed by atoms with van der Waals surface area (Å²) in [6.07, 6.45) is 3.13. The van der Waals surface area contributed by atoms with E-state index in [-0.39, 0.29) is 17.6 Å². The number of ether oxygens (including phenoxy) is 1. The monoisotopic (exact) mass is 347 g/mol. The Morgan fingerprint density at radius 2 is 2.25 bits per heavy atom. The third-order valence-corrected chi connectivity index (χ3v) is 4.55. The summed E-state index contributed by atoms with van der Waals surface area (Å²) in [6.45, 7) is 1.77. The van der Waals surface area contributed by atoms with Crippen molar-refractivity contribution in [3.8, 4) is 0 Å². The number of fused-ring (bicyclic) bond motifs is 1. The van der Waals surface area contributed by atoms with E-state index in [9.17, 15) is 9.59 Å². The molecule has 1 atom stereocenters. The van der Waals surface area contributed by atoms with Crippen molar-refractivity contribution in [3.05, 3.63) is 39.4 Å². The van der Waals surface area contributed by atoms with Gasteiger partial charge in [0.2, 0.25) is 5.91 Å². The van der Waals surface area contributed by atoms with Crippen LogP contribution in [-0.2, 0) is 16.1 Å². The average Bonchev–Trinajstić information content (AvgIpc) is 3.09. The topological polar surface area (TPSA) is 76.1 Å². The Morgan fingerprint density at radius 3 is 3.04 bits per heavy atom. The minimum absolute atomic E-state index is 0.0192. The Kier molecular flexibility index (Phi) is 5.42. The van der Waals surface area contributed by atoms with Crippen LogP contribution in [0.25, 0.3) is 10.9 Å². The summed E-state index contributed by atoms with van der Waals surface area (Å²) < 4.78 is 7.38. The van der Waals surface area contributed by atoms with Crippen LogP contribution in [0.2, 0.25) is 0 Å². The zero-order valence-electron chi connectivity index (χ0n) is 13.4. The molecule has 2 N–H and O–H groups in total. The Bertz CT molecular complexity index is 837. The molecule has 24 heavy (non-hydrogen) atoms. The number of carbonyl (C=O) groups excluding carboxylic acids is 1. The number of aromatic nitrogens is 2. The molecule has 6 nitrogen and oxygen atoms in total. The van der Waals surface area contributed by atoms with Gasteiger partial charge in [-0.15, -0.1) is 0 Å². The van der Waals surface area contributed by atoms with Gasteiger partial charge in [-0.1, -0.05) is 12.1 Å². The van der Waals surface area contributed by atoms with Crippen LogP contribution in [0, 0.1) is 4.77 Å². The van der Waals surface area contributed by atoms with Gasteiger partial charge in [0.25, 0.3) is 5.56 Å². The van der Waals surface area contributed by atoms with E-state index in [2.05, 4.69) is 10.3 Å². The second kappa shape index (κ2) is 7.72. The number of benzene rings is 1. The molecule has 0 spiro atoms. The number of hydrogen-bond acceptors (Lipinski definition) is 4. The number of para-hydroxylation sites is 1. The number of hydrogen-bond donors (Lipinski definition) is 2. The van der Waals surface area contributed by atoms with E-state index in [1.165, 1.54) is 4.57 Å². The first-order valence-corrected chi connectivity index (χ1v) is 8.66. The van der Waals surface area contributed by atoms with Crippen LogP contribution in [0.4, 0.5) is 0 Å². The van der Waals surface area contributed by atoms with Crippen LogP contribution in [0.1, 0.15) is 25.7 Å². The minimum atomic E-state index is -0.117. The second-order valence-electron chi connectivity index (χ2n) is 5.98. The summed E-state index contributed by atoms with van der Waals surface area (Å²) in [5, 5.41) is 3.49. The highest BCUT2D eigenvalue weighted by Gasteiger charge is 2.16. The van der Waals surface area contributed by atoms with E-state index in [0.29, 0.717) is 36.1 Å². The summed E-state index contributed by atoms with van der Waals surface area (Å²) >= 11 is 5.26. The number of carbonyl (C=O) groups is 1. The lowest BCUT2D eigenvalue weighted by molar-refractivity contribution is -0.121. The molecule has 1 aliphatic heterocycles. The van der Waals surface area contributed by atoms with Crippen molar-refractivity contribution < 1.29 is 9.53 Å². The molecule has 2 aromatic rings. The van der Waals surface area contributed by atoms with E-state index >= 15 is 0 Å². The number of rotatable bonds is 6. The molecule has 0 bridgehead atoms.